The van der Waals surface area contributed by atoms with Gasteiger partial charge in [0.25, 0.3) is 5.91 Å². The van der Waals surface area contributed by atoms with E-state index < -0.39 is 12.0 Å². The highest BCUT2D eigenvalue weighted by molar-refractivity contribution is 5.96. The molecule has 0 spiro atoms. The van der Waals surface area contributed by atoms with Crippen LogP contribution >= 0.6 is 0 Å². The van der Waals surface area contributed by atoms with Crippen molar-refractivity contribution in [3.63, 3.8) is 0 Å². The zero-order valence-corrected chi connectivity index (χ0v) is 12.5. The van der Waals surface area contributed by atoms with Gasteiger partial charge in [-0.2, -0.15) is 0 Å². The standard InChI is InChI=1S/C16H17FN2O4/c1-22-16-14(3-2-8-18-16)15(21)19-9-12(20)10-23-13-6-4-11(17)5-7-13/h2-8,12,20H,9-10H2,1H3,(H,19,21)/t12-/m1/s1. The first-order valence-electron chi connectivity index (χ1n) is 6.94. The highest BCUT2D eigenvalue weighted by atomic mass is 19.1. The van der Waals surface area contributed by atoms with E-state index in [1.165, 1.54) is 37.6 Å². The number of methoxy groups -OCH3 is 1. The molecular formula is C16H17FN2O4. The van der Waals surface area contributed by atoms with Gasteiger partial charge in [0.2, 0.25) is 5.88 Å². The Morgan fingerprint density at radius 1 is 1.35 bits per heavy atom. The average molecular weight is 320 g/mol. The number of carbonyl (C=O) groups excluding carboxylic acids is 1. The van der Waals surface area contributed by atoms with Crippen molar-refractivity contribution < 1.29 is 23.8 Å². The van der Waals surface area contributed by atoms with Crippen molar-refractivity contribution in [2.45, 2.75) is 6.10 Å². The second-order valence-electron chi connectivity index (χ2n) is 4.69. The summed E-state index contributed by atoms with van der Waals surface area (Å²) in [7, 11) is 1.42. The molecule has 2 rings (SSSR count). The summed E-state index contributed by atoms with van der Waals surface area (Å²) in [6, 6.07) is 8.63. The first-order chi connectivity index (χ1) is 11.1. The molecule has 0 fully saturated rings. The molecule has 7 heteroatoms. The Morgan fingerprint density at radius 2 is 2.09 bits per heavy atom. The Bertz CT molecular complexity index is 649. The topological polar surface area (TPSA) is 80.7 Å². The van der Waals surface area contributed by atoms with Gasteiger partial charge in [0.1, 0.15) is 29.8 Å². The van der Waals surface area contributed by atoms with Crippen molar-refractivity contribution in [3.8, 4) is 11.6 Å². The van der Waals surface area contributed by atoms with Crippen LogP contribution in [-0.2, 0) is 0 Å². The predicted molar refractivity (Wildman–Crippen MR) is 81.0 cm³/mol. The molecule has 0 saturated heterocycles. The second kappa shape index (κ2) is 8.09. The number of halogens is 1. The summed E-state index contributed by atoms with van der Waals surface area (Å²) < 4.78 is 23.0. The molecule has 1 aromatic carbocycles. The van der Waals surface area contributed by atoms with Gasteiger partial charge in [-0.3, -0.25) is 4.79 Å². The minimum absolute atomic E-state index is 0.00191. The van der Waals surface area contributed by atoms with Crippen LogP contribution in [0.1, 0.15) is 10.4 Å². The molecule has 1 heterocycles. The number of carbonyl (C=O) groups is 1. The maximum absolute atomic E-state index is 12.8. The number of nitrogens with one attached hydrogen (secondary N) is 1. The van der Waals surface area contributed by atoms with E-state index >= 15 is 0 Å². The maximum atomic E-state index is 12.8. The van der Waals surface area contributed by atoms with Crippen molar-refractivity contribution in [1.29, 1.82) is 0 Å². The number of hydrogen-bond donors (Lipinski definition) is 2. The van der Waals surface area contributed by atoms with Gasteiger partial charge in [-0.15, -0.1) is 0 Å². The lowest BCUT2D eigenvalue weighted by Gasteiger charge is -2.14. The third-order valence-electron chi connectivity index (χ3n) is 2.96. The molecule has 1 aromatic heterocycles. The number of benzene rings is 1. The molecule has 1 atom stereocenters. The number of aliphatic hydroxyl groups is 1. The van der Waals surface area contributed by atoms with E-state index in [9.17, 15) is 14.3 Å². The number of aliphatic hydroxyl groups excluding tert-OH is 1. The molecular weight excluding hydrogens is 303 g/mol. The van der Waals surface area contributed by atoms with Crippen LogP contribution in [-0.4, -0.2) is 42.4 Å². The van der Waals surface area contributed by atoms with Crippen LogP contribution in [0.15, 0.2) is 42.6 Å². The van der Waals surface area contributed by atoms with Gasteiger partial charge in [0.05, 0.1) is 7.11 Å². The predicted octanol–water partition coefficient (Wildman–Crippen LogP) is 1.40. The van der Waals surface area contributed by atoms with Crippen molar-refractivity contribution in [2.24, 2.45) is 0 Å². The SMILES string of the molecule is COc1ncccc1C(=O)NC[C@@H](O)COc1ccc(F)cc1. The molecule has 0 aliphatic rings. The van der Waals surface area contributed by atoms with Gasteiger partial charge in [0.15, 0.2) is 0 Å². The molecule has 0 unspecified atom stereocenters. The smallest absolute Gasteiger partial charge is 0.256 e. The molecule has 0 aliphatic carbocycles. The van der Waals surface area contributed by atoms with Crippen molar-refractivity contribution in [2.75, 3.05) is 20.3 Å². The normalized spacial score (nSPS) is 11.6. The van der Waals surface area contributed by atoms with Crippen LogP contribution in [0.4, 0.5) is 4.39 Å². The van der Waals surface area contributed by atoms with Crippen LogP contribution in [0, 0.1) is 5.82 Å². The molecule has 6 nitrogen and oxygen atoms in total. The number of ether oxygens (including phenoxy) is 2. The molecule has 122 valence electrons. The van der Waals surface area contributed by atoms with E-state index in [2.05, 4.69) is 10.3 Å². The van der Waals surface area contributed by atoms with Gasteiger partial charge in [0, 0.05) is 12.7 Å². The molecule has 1 amide bonds. The zero-order chi connectivity index (χ0) is 16.7. The average Bonchev–Trinajstić information content (AvgIpc) is 2.59. The van der Waals surface area contributed by atoms with Crippen LogP contribution in [0.5, 0.6) is 11.6 Å². The zero-order valence-electron chi connectivity index (χ0n) is 12.5. The fraction of sp³-hybridized carbons (Fsp3) is 0.250. The van der Waals surface area contributed by atoms with Gasteiger partial charge < -0.3 is 19.9 Å². The molecule has 2 N–H and O–H groups in total. The highest BCUT2D eigenvalue weighted by Crippen LogP contribution is 2.13. The van der Waals surface area contributed by atoms with E-state index in [1.807, 2.05) is 0 Å². The van der Waals surface area contributed by atoms with Crippen molar-refractivity contribution >= 4 is 5.91 Å². The highest BCUT2D eigenvalue weighted by Gasteiger charge is 2.14. The summed E-state index contributed by atoms with van der Waals surface area (Å²) in [5.41, 5.74) is 0.279. The number of hydrogen-bond acceptors (Lipinski definition) is 5. The van der Waals surface area contributed by atoms with E-state index in [1.54, 1.807) is 12.1 Å². The fourth-order valence-electron chi connectivity index (χ4n) is 1.81. The molecule has 0 saturated carbocycles. The van der Waals surface area contributed by atoms with E-state index in [-0.39, 0.29) is 30.4 Å². The van der Waals surface area contributed by atoms with Gasteiger partial charge in [-0.1, -0.05) is 0 Å². The summed E-state index contributed by atoms with van der Waals surface area (Å²) in [4.78, 5) is 15.9. The fourth-order valence-corrected chi connectivity index (χ4v) is 1.81. The number of amides is 1. The summed E-state index contributed by atoms with van der Waals surface area (Å²) in [6.45, 7) is -0.0336. The third-order valence-corrected chi connectivity index (χ3v) is 2.96. The summed E-state index contributed by atoms with van der Waals surface area (Å²) in [5.74, 6) is -0.126. The lowest BCUT2D eigenvalue weighted by atomic mass is 10.2. The number of rotatable bonds is 7. The number of pyridine rings is 1. The molecule has 2 aromatic rings. The van der Waals surface area contributed by atoms with E-state index in [4.69, 9.17) is 9.47 Å². The molecule has 23 heavy (non-hydrogen) atoms. The van der Waals surface area contributed by atoms with Crippen LogP contribution in [0.25, 0.3) is 0 Å². The van der Waals surface area contributed by atoms with Crippen LogP contribution < -0.4 is 14.8 Å². The Morgan fingerprint density at radius 3 is 2.78 bits per heavy atom. The van der Waals surface area contributed by atoms with Crippen LogP contribution in [0.2, 0.25) is 0 Å². The van der Waals surface area contributed by atoms with E-state index in [0.29, 0.717) is 5.75 Å². The monoisotopic (exact) mass is 320 g/mol. The molecule has 0 radical (unpaired) electrons. The van der Waals surface area contributed by atoms with Crippen LogP contribution in [0.3, 0.4) is 0 Å². The quantitative estimate of drug-likeness (QED) is 0.806. The minimum Gasteiger partial charge on any atom is -0.491 e. The van der Waals surface area contributed by atoms with Crippen molar-refractivity contribution in [1.82, 2.24) is 10.3 Å². The summed E-state index contributed by atoms with van der Waals surface area (Å²) in [6.07, 6.45) is 0.604. The summed E-state index contributed by atoms with van der Waals surface area (Å²) in [5, 5.41) is 12.4. The molecule has 0 bridgehead atoms. The second-order valence-corrected chi connectivity index (χ2v) is 4.69. The minimum atomic E-state index is -0.910. The first kappa shape index (κ1) is 16.7. The summed E-state index contributed by atoms with van der Waals surface area (Å²) >= 11 is 0. The van der Waals surface area contributed by atoms with Crippen molar-refractivity contribution in [3.05, 3.63) is 54.0 Å². The molecule has 0 aliphatic heterocycles. The number of nitrogens with zero attached hydrogens (tertiary/aromatic N) is 1. The lowest BCUT2D eigenvalue weighted by molar-refractivity contribution is 0.0840. The Kier molecular flexibility index (Phi) is 5.87. The number of aromatic nitrogens is 1. The Labute approximate surface area is 132 Å². The lowest BCUT2D eigenvalue weighted by Crippen LogP contribution is -2.35. The van der Waals surface area contributed by atoms with Gasteiger partial charge >= 0.3 is 0 Å². The first-order valence-corrected chi connectivity index (χ1v) is 6.94. The Hall–Kier alpha value is -2.67. The van der Waals surface area contributed by atoms with Gasteiger partial charge in [-0.05, 0) is 36.4 Å². The van der Waals surface area contributed by atoms with Gasteiger partial charge in [-0.25, -0.2) is 9.37 Å². The largest absolute Gasteiger partial charge is 0.491 e. The van der Waals surface area contributed by atoms with E-state index in [0.717, 1.165) is 0 Å². The maximum Gasteiger partial charge on any atom is 0.256 e. The third kappa shape index (κ3) is 4.93. The Balaban J connectivity index is 1.80.